The first-order valence-corrected chi connectivity index (χ1v) is 4.68. The molecule has 1 aliphatic heterocycles. The van der Waals surface area contributed by atoms with Gasteiger partial charge in [0, 0.05) is 0 Å². The summed E-state index contributed by atoms with van der Waals surface area (Å²) in [4.78, 5) is 21.2. The Labute approximate surface area is 82.1 Å². The number of carbonyl (C=O) groups excluding carboxylic acids is 1. The van der Waals surface area contributed by atoms with Crippen molar-refractivity contribution in [1.82, 2.24) is 16.0 Å². The average Bonchev–Trinajstić information content (AvgIpc) is 2.16. The summed E-state index contributed by atoms with van der Waals surface area (Å²) in [5.41, 5.74) is 0. The van der Waals surface area contributed by atoms with Gasteiger partial charge in [0.15, 0.2) is 0 Å². The van der Waals surface area contributed by atoms with Crippen LogP contribution in [0.1, 0.15) is 19.3 Å². The highest BCUT2D eigenvalue weighted by Gasteiger charge is 2.14. The van der Waals surface area contributed by atoms with Gasteiger partial charge in [-0.3, -0.25) is 10.1 Å². The zero-order chi connectivity index (χ0) is 10.4. The third kappa shape index (κ3) is 4.08. The number of hydrogen-bond acceptors (Lipinski definition) is 3. The molecule has 0 aromatic carbocycles. The van der Waals surface area contributed by atoms with E-state index in [2.05, 4.69) is 16.0 Å². The second kappa shape index (κ2) is 5.43. The van der Waals surface area contributed by atoms with Gasteiger partial charge in [-0.2, -0.15) is 0 Å². The lowest BCUT2D eigenvalue weighted by molar-refractivity contribution is -0.135. The Hall–Kier alpha value is -1.30. The van der Waals surface area contributed by atoms with Gasteiger partial charge in [0.2, 0.25) is 0 Å². The Kier molecular flexibility index (Phi) is 4.18. The first kappa shape index (κ1) is 10.8. The maximum atomic E-state index is 11.1. The van der Waals surface area contributed by atoms with Gasteiger partial charge >= 0.3 is 12.0 Å². The van der Waals surface area contributed by atoms with E-state index in [9.17, 15) is 9.59 Å². The fraction of sp³-hybridized carbons (Fsp3) is 0.750. The topological polar surface area (TPSA) is 90.5 Å². The van der Waals surface area contributed by atoms with E-state index in [4.69, 9.17) is 5.11 Å². The molecule has 0 aromatic rings. The van der Waals surface area contributed by atoms with Crippen molar-refractivity contribution in [2.75, 3.05) is 13.1 Å². The van der Waals surface area contributed by atoms with Crippen LogP contribution >= 0.6 is 0 Å². The third-order valence-corrected chi connectivity index (χ3v) is 2.02. The van der Waals surface area contributed by atoms with Crippen molar-refractivity contribution >= 4 is 12.0 Å². The van der Waals surface area contributed by atoms with Crippen LogP contribution in [0.3, 0.4) is 0 Å². The van der Waals surface area contributed by atoms with Gasteiger partial charge < -0.3 is 15.7 Å². The zero-order valence-corrected chi connectivity index (χ0v) is 7.88. The fourth-order valence-electron chi connectivity index (χ4n) is 1.34. The summed E-state index contributed by atoms with van der Waals surface area (Å²) in [5.74, 6) is -1.04. The van der Waals surface area contributed by atoms with Gasteiger partial charge in [-0.1, -0.05) is 0 Å². The van der Waals surface area contributed by atoms with Gasteiger partial charge in [-0.15, -0.1) is 0 Å². The molecule has 1 heterocycles. The van der Waals surface area contributed by atoms with E-state index in [1.165, 1.54) is 0 Å². The number of urea groups is 1. The molecule has 0 aromatic heterocycles. The number of rotatable bonds is 3. The van der Waals surface area contributed by atoms with Crippen LogP contribution in [0.5, 0.6) is 0 Å². The second-order valence-electron chi connectivity index (χ2n) is 3.22. The molecule has 6 nitrogen and oxygen atoms in total. The van der Waals surface area contributed by atoms with Crippen molar-refractivity contribution in [3.05, 3.63) is 0 Å². The lowest BCUT2D eigenvalue weighted by Crippen LogP contribution is -2.51. The normalized spacial score (nSPS) is 21.3. The molecule has 2 amide bonds. The molecule has 1 rings (SSSR count). The van der Waals surface area contributed by atoms with E-state index < -0.39 is 12.0 Å². The van der Waals surface area contributed by atoms with Gasteiger partial charge in [-0.05, 0) is 25.8 Å². The summed E-state index contributed by atoms with van der Waals surface area (Å²) < 4.78 is 0. The Balaban J connectivity index is 2.15. The number of nitrogens with one attached hydrogen (secondary N) is 3. The molecule has 1 fully saturated rings. The Morgan fingerprint density at radius 2 is 2.21 bits per heavy atom. The van der Waals surface area contributed by atoms with Crippen LogP contribution in [-0.4, -0.2) is 36.4 Å². The number of hydrogen-bond donors (Lipinski definition) is 4. The lowest BCUT2D eigenvalue weighted by atomic mass is 10.1. The monoisotopic (exact) mass is 201 g/mol. The molecule has 0 saturated carbocycles. The Morgan fingerprint density at radius 1 is 1.43 bits per heavy atom. The van der Waals surface area contributed by atoms with Crippen LogP contribution < -0.4 is 16.0 Å². The SMILES string of the molecule is O=C(O)CNC(=O)NC1CCCCN1. The summed E-state index contributed by atoms with van der Waals surface area (Å²) >= 11 is 0. The number of aliphatic carboxylic acids is 1. The third-order valence-electron chi connectivity index (χ3n) is 2.02. The summed E-state index contributed by atoms with van der Waals surface area (Å²) in [6.45, 7) is 0.544. The van der Waals surface area contributed by atoms with Crippen molar-refractivity contribution in [3.63, 3.8) is 0 Å². The van der Waals surface area contributed by atoms with Gasteiger partial charge in [0.1, 0.15) is 6.54 Å². The van der Waals surface area contributed by atoms with Gasteiger partial charge in [0.25, 0.3) is 0 Å². The highest BCUT2D eigenvalue weighted by Crippen LogP contribution is 2.03. The largest absolute Gasteiger partial charge is 0.480 e. The number of carbonyl (C=O) groups is 2. The first-order chi connectivity index (χ1) is 6.68. The minimum Gasteiger partial charge on any atom is -0.480 e. The quantitative estimate of drug-likeness (QED) is 0.494. The molecule has 0 radical (unpaired) electrons. The van der Waals surface area contributed by atoms with E-state index in [0.29, 0.717) is 0 Å². The molecule has 80 valence electrons. The minimum absolute atomic E-state index is 0.0301. The molecule has 1 atom stereocenters. The molecular formula is C8H15N3O3. The predicted octanol–water partition coefficient (Wildman–Crippen LogP) is -0.530. The molecule has 6 heteroatoms. The summed E-state index contributed by atoms with van der Waals surface area (Å²) in [6, 6.07) is -0.438. The Bertz CT molecular complexity index is 214. The summed E-state index contributed by atoms with van der Waals surface area (Å²) in [7, 11) is 0. The lowest BCUT2D eigenvalue weighted by Gasteiger charge is -2.24. The minimum atomic E-state index is -1.04. The van der Waals surface area contributed by atoms with Crippen LogP contribution in [0.2, 0.25) is 0 Å². The van der Waals surface area contributed by atoms with Crippen molar-refractivity contribution < 1.29 is 14.7 Å². The number of carboxylic acid groups (broad SMARTS) is 1. The van der Waals surface area contributed by atoms with Crippen LogP contribution in [0.25, 0.3) is 0 Å². The molecule has 4 N–H and O–H groups in total. The molecule has 0 bridgehead atoms. The summed E-state index contributed by atoms with van der Waals surface area (Å²) in [6.07, 6.45) is 3.06. The van der Waals surface area contributed by atoms with E-state index >= 15 is 0 Å². The van der Waals surface area contributed by atoms with Crippen LogP contribution in [0.4, 0.5) is 4.79 Å². The zero-order valence-electron chi connectivity index (χ0n) is 7.88. The van der Waals surface area contributed by atoms with Gasteiger partial charge in [0.05, 0.1) is 6.17 Å². The van der Waals surface area contributed by atoms with Crippen LogP contribution in [0.15, 0.2) is 0 Å². The van der Waals surface area contributed by atoms with Crippen molar-refractivity contribution in [3.8, 4) is 0 Å². The van der Waals surface area contributed by atoms with E-state index in [-0.39, 0.29) is 12.7 Å². The molecule has 1 saturated heterocycles. The molecule has 1 aliphatic rings. The fourth-order valence-corrected chi connectivity index (χ4v) is 1.34. The smallest absolute Gasteiger partial charge is 0.323 e. The molecular weight excluding hydrogens is 186 g/mol. The van der Waals surface area contributed by atoms with Crippen molar-refractivity contribution in [2.45, 2.75) is 25.4 Å². The van der Waals surface area contributed by atoms with Crippen LogP contribution in [-0.2, 0) is 4.79 Å². The number of piperidine rings is 1. The second-order valence-corrected chi connectivity index (χ2v) is 3.22. The maximum absolute atomic E-state index is 11.1. The van der Waals surface area contributed by atoms with Gasteiger partial charge in [-0.25, -0.2) is 4.79 Å². The highest BCUT2D eigenvalue weighted by atomic mass is 16.4. The van der Waals surface area contributed by atoms with Crippen molar-refractivity contribution in [1.29, 1.82) is 0 Å². The average molecular weight is 201 g/mol. The summed E-state index contributed by atoms with van der Waals surface area (Å²) in [5, 5.41) is 16.3. The first-order valence-electron chi connectivity index (χ1n) is 4.68. The van der Waals surface area contributed by atoms with Crippen molar-refractivity contribution in [2.24, 2.45) is 0 Å². The van der Waals surface area contributed by atoms with E-state index in [1.807, 2.05) is 0 Å². The highest BCUT2D eigenvalue weighted by molar-refractivity contribution is 5.79. The maximum Gasteiger partial charge on any atom is 0.323 e. The van der Waals surface area contributed by atoms with E-state index in [1.54, 1.807) is 0 Å². The number of carboxylic acids is 1. The predicted molar refractivity (Wildman–Crippen MR) is 49.8 cm³/mol. The van der Waals surface area contributed by atoms with E-state index in [0.717, 1.165) is 25.8 Å². The molecule has 0 spiro atoms. The molecule has 1 unspecified atom stereocenters. The standard InChI is InChI=1S/C8H15N3O3/c12-7(13)5-10-8(14)11-6-3-1-2-4-9-6/h6,9H,1-5H2,(H,12,13)(H2,10,11,14). The molecule has 14 heavy (non-hydrogen) atoms. The number of amides is 2. The molecule has 0 aliphatic carbocycles. The Morgan fingerprint density at radius 3 is 2.79 bits per heavy atom. The van der Waals surface area contributed by atoms with Crippen LogP contribution in [0, 0.1) is 0 Å².